The van der Waals surface area contributed by atoms with Gasteiger partial charge in [0.05, 0.1) is 0 Å². The van der Waals surface area contributed by atoms with Crippen LogP contribution in [0.3, 0.4) is 0 Å². The van der Waals surface area contributed by atoms with E-state index in [2.05, 4.69) is 5.32 Å². The lowest BCUT2D eigenvalue weighted by Gasteiger charge is -2.18. The summed E-state index contributed by atoms with van der Waals surface area (Å²) in [6, 6.07) is 25.8. The lowest BCUT2D eigenvalue weighted by molar-refractivity contribution is 0.0892. The molecule has 4 heteroatoms. The Balaban J connectivity index is 1.84. The Kier molecular flexibility index (Phi) is 5.87. The van der Waals surface area contributed by atoms with Gasteiger partial charge in [-0.3, -0.25) is 9.59 Å². The molecule has 0 saturated heterocycles. The zero-order valence-corrected chi connectivity index (χ0v) is 15.2. The molecule has 3 nitrogen and oxygen atoms in total. The molecule has 1 atom stereocenters. The van der Waals surface area contributed by atoms with E-state index in [-0.39, 0.29) is 11.7 Å². The van der Waals surface area contributed by atoms with Gasteiger partial charge in [0.25, 0.3) is 5.91 Å². The summed E-state index contributed by atoms with van der Waals surface area (Å²) in [4.78, 5) is 26.4. The minimum absolute atomic E-state index is 0.125. The number of nitrogens with one attached hydrogen (secondary N) is 1. The number of hydrogen-bond donors (Lipinski definition) is 1. The molecule has 0 aliphatic carbocycles. The van der Waals surface area contributed by atoms with Crippen molar-refractivity contribution in [2.45, 2.75) is 17.2 Å². The van der Waals surface area contributed by atoms with Crippen LogP contribution in [0.25, 0.3) is 0 Å². The van der Waals surface area contributed by atoms with Crippen LogP contribution in [-0.4, -0.2) is 17.1 Å². The highest BCUT2D eigenvalue weighted by Gasteiger charge is 2.23. The van der Waals surface area contributed by atoms with E-state index < -0.39 is 5.37 Å². The molecule has 1 amide bonds. The quantitative estimate of drug-likeness (QED) is 0.392. The molecule has 0 aromatic heterocycles. The second-order valence-corrected chi connectivity index (χ2v) is 7.06. The first-order chi connectivity index (χ1) is 12.6. The zero-order chi connectivity index (χ0) is 18.4. The molecule has 0 fully saturated rings. The topological polar surface area (TPSA) is 46.2 Å². The van der Waals surface area contributed by atoms with Gasteiger partial charge in [-0.2, -0.15) is 0 Å². The zero-order valence-electron chi connectivity index (χ0n) is 14.4. The average Bonchev–Trinajstić information content (AvgIpc) is 2.70. The third-order valence-electron chi connectivity index (χ3n) is 3.87. The fourth-order valence-electron chi connectivity index (χ4n) is 2.45. The van der Waals surface area contributed by atoms with Crippen molar-refractivity contribution in [2.24, 2.45) is 0 Å². The van der Waals surface area contributed by atoms with Crippen LogP contribution in [0.5, 0.6) is 0 Å². The Labute approximate surface area is 157 Å². The van der Waals surface area contributed by atoms with E-state index in [1.165, 1.54) is 11.8 Å². The number of hydrogen-bond acceptors (Lipinski definition) is 3. The summed E-state index contributed by atoms with van der Waals surface area (Å²) in [6.07, 6.45) is 0. The fraction of sp³-hybridized carbons (Fsp3) is 0.0909. The van der Waals surface area contributed by atoms with Gasteiger partial charge in [0.15, 0.2) is 5.78 Å². The fourth-order valence-corrected chi connectivity index (χ4v) is 3.42. The van der Waals surface area contributed by atoms with E-state index >= 15 is 0 Å². The molecule has 3 aromatic carbocycles. The molecular weight excluding hydrogens is 342 g/mol. The number of Topliss-reactive ketones (excluding diaryl/α,β-unsaturated/α-hetero) is 1. The maximum absolute atomic E-state index is 12.9. The molecule has 0 aliphatic rings. The minimum Gasteiger partial charge on any atom is -0.333 e. The van der Waals surface area contributed by atoms with Crippen LogP contribution >= 0.6 is 11.8 Å². The summed E-state index contributed by atoms with van der Waals surface area (Å²) in [7, 11) is 0. The van der Waals surface area contributed by atoms with E-state index in [1.54, 1.807) is 36.4 Å². The maximum Gasteiger partial charge on any atom is 0.252 e. The van der Waals surface area contributed by atoms with Gasteiger partial charge in [0.2, 0.25) is 0 Å². The van der Waals surface area contributed by atoms with Crippen molar-refractivity contribution in [3.05, 3.63) is 102 Å². The molecule has 3 rings (SSSR count). The summed E-state index contributed by atoms with van der Waals surface area (Å²) in [5.74, 6) is -0.389. The molecule has 1 unspecified atom stereocenters. The van der Waals surface area contributed by atoms with Crippen LogP contribution in [0.4, 0.5) is 0 Å². The molecule has 130 valence electrons. The number of aryl methyl sites for hydroxylation is 1. The summed E-state index contributed by atoms with van der Waals surface area (Å²) in [5, 5.41) is 2.17. The first kappa shape index (κ1) is 18.0. The summed E-state index contributed by atoms with van der Waals surface area (Å²) < 4.78 is 0. The first-order valence-electron chi connectivity index (χ1n) is 8.32. The number of rotatable bonds is 6. The van der Waals surface area contributed by atoms with Gasteiger partial charge in [-0.15, -0.1) is 0 Å². The number of thioether (sulfide) groups is 1. The molecule has 0 spiro atoms. The van der Waals surface area contributed by atoms with Crippen molar-refractivity contribution in [3.8, 4) is 0 Å². The number of benzene rings is 3. The predicted molar refractivity (Wildman–Crippen MR) is 106 cm³/mol. The van der Waals surface area contributed by atoms with Crippen LogP contribution in [0.15, 0.2) is 89.8 Å². The van der Waals surface area contributed by atoms with Crippen LogP contribution < -0.4 is 5.32 Å². The Hall–Kier alpha value is -2.85. The number of amides is 1. The Morgan fingerprint density at radius 3 is 1.88 bits per heavy atom. The van der Waals surface area contributed by atoms with Crippen molar-refractivity contribution in [1.29, 1.82) is 0 Å². The maximum atomic E-state index is 12.9. The Bertz CT molecular complexity index is 877. The summed E-state index contributed by atoms with van der Waals surface area (Å²) in [6.45, 7) is 2.01. The highest BCUT2D eigenvalue weighted by Crippen LogP contribution is 2.25. The summed E-state index contributed by atoms with van der Waals surface area (Å²) >= 11 is 1.34. The minimum atomic E-state index is -0.701. The van der Waals surface area contributed by atoms with Crippen molar-refractivity contribution >= 4 is 23.5 Å². The second kappa shape index (κ2) is 8.50. The van der Waals surface area contributed by atoms with Gasteiger partial charge < -0.3 is 5.32 Å². The molecule has 0 aliphatic heterocycles. The molecule has 0 radical (unpaired) electrons. The summed E-state index contributed by atoms with van der Waals surface area (Å²) in [5.41, 5.74) is 2.25. The normalized spacial score (nSPS) is 11.6. The third kappa shape index (κ3) is 4.61. The lowest BCUT2D eigenvalue weighted by Crippen LogP contribution is -2.38. The Morgan fingerprint density at radius 1 is 0.769 bits per heavy atom. The van der Waals surface area contributed by atoms with E-state index in [0.717, 1.165) is 10.5 Å². The number of carbonyl (C=O) groups excluding carboxylic acids is 2. The van der Waals surface area contributed by atoms with Crippen molar-refractivity contribution in [2.75, 3.05) is 0 Å². The highest BCUT2D eigenvalue weighted by molar-refractivity contribution is 8.00. The van der Waals surface area contributed by atoms with E-state index in [9.17, 15) is 9.59 Å². The lowest BCUT2D eigenvalue weighted by atomic mass is 10.1. The molecular formula is C22H19NO2S. The predicted octanol–water partition coefficient (Wildman–Crippen LogP) is 4.73. The van der Waals surface area contributed by atoms with Crippen LogP contribution in [0, 0.1) is 6.92 Å². The molecule has 1 N–H and O–H groups in total. The highest BCUT2D eigenvalue weighted by atomic mass is 32.2. The largest absolute Gasteiger partial charge is 0.333 e. The van der Waals surface area contributed by atoms with Gasteiger partial charge in [-0.25, -0.2) is 0 Å². The number of ketones is 1. The second-order valence-electron chi connectivity index (χ2n) is 5.88. The smallest absolute Gasteiger partial charge is 0.252 e. The average molecular weight is 361 g/mol. The molecule has 3 aromatic rings. The number of carbonyl (C=O) groups is 2. The van der Waals surface area contributed by atoms with E-state index in [0.29, 0.717) is 11.1 Å². The molecule has 26 heavy (non-hydrogen) atoms. The van der Waals surface area contributed by atoms with Crippen LogP contribution in [-0.2, 0) is 0 Å². The monoisotopic (exact) mass is 361 g/mol. The molecule has 0 heterocycles. The third-order valence-corrected chi connectivity index (χ3v) is 4.98. The van der Waals surface area contributed by atoms with Gasteiger partial charge in [0, 0.05) is 16.0 Å². The van der Waals surface area contributed by atoms with Gasteiger partial charge in [-0.1, -0.05) is 78.0 Å². The van der Waals surface area contributed by atoms with Crippen molar-refractivity contribution in [1.82, 2.24) is 5.32 Å². The van der Waals surface area contributed by atoms with Gasteiger partial charge >= 0.3 is 0 Å². The molecule has 0 saturated carbocycles. The Morgan fingerprint density at radius 2 is 1.31 bits per heavy atom. The molecule has 0 bridgehead atoms. The van der Waals surface area contributed by atoms with Crippen molar-refractivity contribution < 1.29 is 9.59 Å². The van der Waals surface area contributed by atoms with E-state index in [4.69, 9.17) is 0 Å². The van der Waals surface area contributed by atoms with E-state index in [1.807, 2.05) is 55.5 Å². The SMILES string of the molecule is Cc1ccc(SC(NC(=O)c2ccccc2)C(=O)c2ccccc2)cc1. The van der Waals surface area contributed by atoms with Gasteiger partial charge in [-0.05, 0) is 31.2 Å². The van der Waals surface area contributed by atoms with Crippen LogP contribution in [0.1, 0.15) is 26.3 Å². The first-order valence-corrected chi connectivity index (χ1v) is 9.20. The standard InChI is InChI=1S/C22H19NO2S/c1-16-12-14-19(15-13-16)26-22(20(24)17-8-4-2-5-9-17)23-21(25)18-10-6-3-7-11-18/h2-15,22H,1H3,(H,23,25). The van der Waals surface area contributed by atoms with Gasteiger partial charge in [0.1, 0.15) is 5.37 Å². The van der Waals surface area contributed by atoms with Crippen LogP contribution in [0.2, 0.25) is 0 Å². The van der Waals surface area contributed by atoms with Crippen molar-refractivity contribution in [3.63, 3.8) is 0 Å².